The van der Waals surface area contributed by atoms with Gasteiger partial charge in [0.15, 0.2) is 0 Å². The van der Waals surface area contributed by atoms with Gasteiger partial charge in [0.1, 0.15) is 5.82 Å². The Morgan fingerprint density at radius 2 is 2.39 bits per heavy atom. The number of nitrogens with one attached hydrogen (secondary N) is 1. The third-order valence-corrected chi connectivity index (χ3v) is 3.96. The lowest BCUT2D eigenvalue weighted by atomic mass is 10.1. The number of aromatic nitrogens is 1. The van der Waals surface area contributed by atoms with Gasteiger partial charge in [-0.05, 0) is 49.7 Å². The number of fused-ring (bicyclic) bond motifs is 1. The fourth-order valence-electron chi connectivity index (χ4n) is 2.71. The number of rotatable bonds is 4. The topological polar surface area (TPSA) is 62.2 Å². The maximum absolute atomic E-state index is 10.7. The standard InChI is InChI=1S/C14H18N2O2/c17-14(18)12-8-10(12)4-6-11-5-3-9-2-1-7-15-13(9)16-11/h3,5,10,12H,1-2,4,6-8H2,(H,15,16)(H,17,18)/t10-,12-/m1/s1. The van der Waals surface area contributed by atoms with E-state index in [1.54, 1.807) is 0 Å². The van der Waals surface area contributed by atoms with Crippen LogP contribution in [0.25, 0.3) is 0 Å². The van der Waals surface area contributed by atoms with Gasteiger partial charge >= 0.3 is 5.97 Å². The van der Waals surface area contributed by atoms with Crippen LogP contribution in [-0.2, 0) is 17.6 Å². The summed E-state index contributed by atoms with van der Waals surface area (Å²) in [6.45, 7) is 1.01. The second kappa shape index (κ2) is 4.59. The molecule has 1 fully saturated rings. The lowest BCUT2D eigenvalue weighted by Gasteiger charge is -2.17. The first-order valence-corrected chi connectivity index (χ1v) is 6.69. The van der Waals surface area contributed by atoms with Crippen molar-refractivity contribution in [2.75, 3.05) is 11.9 Å². The highest BCUT2D eigenvalue weighted by Gasteiger charge is 2.42. The van der Waals surface area contributed by atoms with Crippen molar-refractivity contribution in [2.45, 2.75) is 32.1 Å². The molecule has 0 amide bonds. The van der Waals surface area contributed by atoms with Crippen LogP contribution in [0.4, 0.5) is 5.82 Å². The molecule has 96 valence electrons. The molecule has 0 unspecified atom stereocenters. The molecule has 1 aliphatic carbocycles. The molecule has 1 saturated carbocycles. The summed E-state index contributed by atoms with van der Waals surface area (Å²) >= 11 is 0. The summed E-state index contributed by atoms with van der Waals surface area (Å²) in [5, 5.41) is 12.2. The molecule has 1 aromatic rings. The maximum Gasteiger partial charge on any atom is 0.306 e. The molecule has 0 spiro atoms. The van der Waals surface area contributed by atoms with Gasteiger partial charge in [-0.1, -0.05) is 6.07 Å². The SMILES string of the molecule is O=C(O)[C@@H]1C[C@H]1CCc1ccc2c(n1)NCCC2. The Morgan fingerprint density at radius 1 is 1.50 bits per heavy atom. The quantitative estimate of drug-likeness (QED) is 0.854. The van der Waals surface area contributed by atoms with Crippen molar-refractivity contribution in [1.29, 1.82) is 0 Å². The number of anilines is 1. The van der Waals surface area contributed by atoms with Gasteiger partial charge in [0.2, 0.25) is 0 Å². The predicted molar refractivity (Wildman–Crippen MR) is 68.6 cm³/mol. The fraction of sp³-hybridized carbons (Fsp3) is 0.571. The summed E-state index contributed by atoms with van der Waals surface area (Å²) in [5.74, 6) is 0.665. The van der Waals surface area contributed by atoms with Crippen molar-refractivity contribution < 1.29 is 9.90 Å². The molecule has 2 heterocycles. The fourth-order valence-corrected chi connectivity index (χ4v) is 2.71. The van der Waals surface area contributed by atoms with Crippen LogP contribution in [0, 0.1) is 11.8 Å². The van der Waals surface area contributed by atoms with Gasteiger partial charge in [-0.3, -0.25) is 4.79 Å². The molecule has 1 aliphatic heterocycles. The molecule has 2 aliphatic rings. The smallest absolute Gasteiger partial charge is 0.306 e. The number of aliphatic carboxylic acids is 1. The molecule has 2 atom stereocenters. The van der Waals surface area contributed by atoms with E-state index in [0.717, 1.165) is 43.7 Å². The van der Waals surface area contributed by atoms with Gasteiger partial charge in [0.25, 0.3) is 0 Å². The maximum atomic E-state index is 10.7. The molecule has 0 radical (unpaired) electrons. The third kappa shape index (κ3) is 2.33. The minimum atomic E-state index is -0.639. The molecule has 18 heavy (non-hydrogen) atoms. The first-order chi connectivity index (χ1) is 8.74. The molecule has 0 saturated heterocycles. The molecule has 0 bridgehead atoms. The number of hydrogen-bond donors (Lipinski definition) is 2. The van der Waals surface area contributed by atoms with E-state index in [2.05, 4.69) is 22.4 Å². The molecular formula is C14H18N2O2. The summed E-state index contributed by atoms with van der Waals surface area (Å²) < 4.78 is 0. The molecular weight excluding hydrogens is 228 g/mol. The zero-order chi connectivity index (χ0) is 12.5. The minimum absolute atomic E-state index is 0.0965. The van der Waals surface area contributed by atoms with Crippen LogP contribution in [0.5, 0.6) is 0 Å². The highest BCUT2D eigenvalue weighted by Crippen LogP contribution is 2.42. The van der Waals surface area contributed by atoms with Crippen LogP contribution in [0.1, 0.15) is 30.5 Å². The van der Waals surface area contributed by atoms with Crippen molar-refractivity contribution in [1.82, 2.24) is 4.98 Å². The van der Waals surface area contributed by atoms with E-state index in [1.165, 1.54) is 12.0 Å². The summed E-state index contributed by atoms with van der Waals surface area (Å²) in [5.41, 5.74) is 2.39. The lowest BCUT2D eigenvalue weighted by molar-refractivity contribution is -0.138. The Labute approximate surface area is 106 Å². The molecule has 4 heteroatoms. The third-order valence-electron chi connectivity index (χ3n) is 3.96. The summed E-state index contributed by atoms with van der Waals surface area (Å²) in [4.78, 5) is 15.4. The minimum Gasteiger partial charge on any atom is -0.481 e. The van der Waals surface area contributed by atoms with Crippen LogP contribution in [0.3, 0.4) is 0 Å². The number of carbonyl (C=O) groups is 1. The van der Waals surface area contributed by atoms with E-state index >= 15 is 0 Å². The van der Waals surface area contributed by atoms with Gasteiger partial charge in [-0.25, -0.2) is 4.98 Å². The van der Waals surface area contributed by atoms with Gasteiger partial charge in [0.05, 0.1) is 5.92 Å². The van der Waals surface area contributed by atoms with Crippen LogP contribution in [0.15, 0.2) is 12.1 Å². The monoisotopic (exact) mass is 246 g/mol. The van der Waals surface area contributed by atoms with E-state index in [4.69, 9.17) is 5.11 Å². The molecule has 4 nitrogen and oxygen atoms in total. The van der Waals surface area contributed by atoms with Gasteiger partial charge in [0, 0.05) is 12.2 Å². The first kappa shape index (κ1) is 11.5. The van der Waals surface area contributed by atoms with Crippen molar-refractivity contribution in [3.05, 3.63) is 23.4 Å². The van der Waals surface area contributed by atoms with E-state index in [-0.39, 0.29) is 5.92 Å². The number of hydrogen-bond acceptors (Lipinski definition) is 3. The van der Waals surface area contributed by atoms with E-state index in [1.807, 2.05) is 0 Å². The van der Waals surface area contributed by atoms with Crippen LogP contribution >= 0.6 is 0 Å². The largest absolute Gasteiger partial charge is 0.481 e. The molecule has 2 N–H and O–H groups in total. The van der Waals surface area contributed by atoms with Crippen molar-refractivity contribution >= 4 is 11.8 Å². The number of carboxylic acids is 1. The van der Waals surface area contributed by atoms with Crippen molar-refractivity contribution in [3.8, 4) is 0 Å². The average Bonchev–Trinajstić information content (AvgIpc) is 3.16. The highest BCUT2D eigenvalue weighted by molar-refractivity contribution is 5.73. The zero-order valence-electron chi connectivity index (χ0n) is 10.4. The van der Waals surface area contributed by atoms with Crippen LogP contribution in [0.2, 0.25) is 0 Å². The number of carboxylic acid groups (broad SMARTS) is 1. The van der Waals surface area contributed by atoms with E-state index < -0.39 is 5.97 Å². The number of nitrogens with zero attached hydrogens (tertiary/aromatic N) is 1. The van der Waals surface area contributed by atoms with E-state index in [9.17, 15) is 4.79 Å². The van der Waals surface area contributed by atoms with Crippen LogP contribution in [-0.4, -0.2) is 22.6 Å². The van der Waals surface area contributed by atoms with Crippen molar-refractivity contribution in [2.24, 2.45) is 11.8 Å². The van der Waals surface area contributed by atoms with Crippen LogP contribution < -0.4 is 5.32 Å². The Hall–Kier alpha value is -1.58. The van der Waals surface area contributed by atoms with Gasteiger partial charge < -0.3 is 10.4 Å². The Balaban J connectivity index is 1.59. The Morgan fingerprint density at radius 3 is 3.17 bits per heavy atom. The highest BCUT2D eigenvalue weighted by atomic mass is 16.4. The number of aryl methyl sites for hydroxylation is 2. The normalized spacial score (nSPS) is 25.1. The summed E-state index contributed by atoms with van der Waals surface area (Å²) in [6.07, 6.45) is 4.97. The zero-order valence-corrected chi connectivity index (χ0v) is 10.4. The lowest BCUT2D eigenvalue weighted by Crippen LogP contribution is -2.14. The second-order valence-corrected chi connectivity index (χ2v) is 5.32. The average molecular weight is 246 g/mol. The first-order valence-electron chi connectivity index (χ1n) is 6.69. The predicted octanol–water partition coefficient (Wildman–Crippen LogP) is 2.09. The molecule has 1 aromatic heterocycles. The molecule has 0 aromatic carbocycles. The van der Waals surface area contributed by atoms with Gasteiger partial charge in [-0.15, -0.1) is 0 Å². The van der Waals surface area contributed by atoms with E-state index in [0.29, 0.717) is 5.92 Å². The Kier molecular flexibility index (Phi) is 2.94. The van der Waals surface area contributed by atoms with Gasteiger partial charge in [-0.2, -0.15) is 0 Å². The summed E-state index contributed by atoms with van der Waals surface area (Å²) in [6, 6.07) is 4.25. The van der Waals surface area contributed by atoms with Crippen molar-refractivity contribution in [3.63, 3.8) is 0 Å². The summed E-state index contributed by atoms with van der Waals surface area (Å²) in [7, 11) is 0. The second-order valence-electron chi connectivity index (χ2n) is 5.32. The Bertz CT molecular complexity index is 473. The number of pyridine rings is 1. The molecule has 3 rings (SSSR count).